The Bertz CT molecular complexity index is 544. The molecule has 1 N–H and O–H groups in total. The zero-order valence-electron chi connectivity index (χ0n) is 11.4. The van der Waals surface area contributed by atoms with Crippen LogP contribution in [0.4, 0.5) is 4.79 Å². The van der Waals surface area contributed by atoms with Gasteiger partial charge in [0.15, 0.2) is 6.73 Å². The highest BCUT2D eigenvalue weighted by atomic mass is 16.6. The van der Waals surface area contributed by atoms with Crippen LogP contribution in [0, 0.1) is 5.92 Å². The number of nitrogens with zero attached hydrogens (tertiary/aromatic N) is 1. The number of hydrogen-bond acceptors (Lipinski definition) is 5. The fourth-order valence-electron chi connectivity index (χ4n) is 2.00. The van der Waals surface area contributed by atoms with Crippen molar-refractivity contribution in [3.63, 3.8) is 0 Å². The second kappa shape index (κ2) is 6.25. The summed E-state index contributed by atoms with van der Waals surface area (Å²) in [6.07, 6.45) is -0.775. The topological polar surface area (TPSA) is 93.1 Å². The fraction of sp³-hybridized carbons (Fsp3) is 0.357. The minimum atomic E-state index is -1.18. The third kappa shape index (κ3) is 3.31. The molecule has 0 aliphatic carbocycles. The van der Waals surface area contributed by atoms with Crippen LogP contribution in [-0.2, 0) is 25.7 Å². The summed E-state index contributed by atoms with van der Waals surface area (Å²) in [5, 5.41) is 8.98. The highest BCUT2D eigenvalue weighted by Gasteiger charge is 2.44. The van der Waals surface area contributed by atoms with Crippen LogP contribution in [0.15, 0.2) is 30.3 Å². The lowest BCUT2D eigenvalue weighted by Crippen LogP contribution is -2.45. The number of carbonyl (C=O) groups excluding carboxylic acids is 2. The lowest BCUT2D eigenvalue weighted by Gasteiger charge is -2.22. The molecule has 2 rings (SSSR count). The molecule has 1 saturated heterocycles. The van der Waals surface area contributed by atoms with Crippen molar-refractivity contribution in [1.29, 1.82) is 0 Å². The van der Waals surface area contributed by atoms with Gasteiger partial charge in [-0.15, -0.1) is 0 Å². The molecule has 1 aromatic carbocycles. The van der Waals surface area contributed by atoms with Crippen LogP contribution in [0.2, 0.25) is 0 Å². The van der Waals surface area contributed by atoms with Gasteiger partial charge < -0.3 is 14.6 Å². The van der Waals surface area contributed by atoms with Gasteiger partial charge in [0.2, 0.25) is 0 Å². The first-order valence-corrected chi connectivity index (χ1v) is 6.37. The predicted molar refractivity (Wildman–Crippen MR) is 70.0 cm³/mol. The summed E-state index contributed by atoms with van der Waals surface area (Å²) >= 11 is 0. The van der Waals surface area contributed by atoms with Crippen LogP contribution in [0.25, 0.3) is 0 Å². The molecule has 1 aliphatic heterocycles. The van der Waals surface area contributed by atoms with Crippen molar-refractivity contribution in [2.45, 2.75) is 19.6 Å². The van der Waals surface area contributed by atoms with Gasteiger partial charge in [-0.1, -0.05) is 30.3 Å². The zero-order valence-corrected chi connectivity index (χ0v) is 11.4. The van der Waals surface area contributed by atoms with E-state index in [1.165, 1.54) is 6.92 Å². The molecule has 7 heteroatoms. The first-order valence-electron chi connectivity index (χ1n) is 6.37. The maximum Gasteiger partial charge on any atom is 0.413 e. The highest BCUT2D eigenvalue weighted by molar-refractivity contribution is 5.88. The molecule has 21 heavy (non-hydrogen) atoms. The second-order valence-corrected chi connectivity index (χ2v) is 4.67. The van der Waals surface area contributed by atoms with Gasteiger partial charge in [0.1, 0.15) is 12.6 Å². The number of rotatable bonds is 4. The SMILES string of the molecule is CC(C(=O)O)C1C(=O)OCN1C(=O)OCc1ccccc1. The van der Waals surface area contributed by atoms with E-state index in [-0.39, 0.29) is 13.3 Å². The van der Waals surface area contributed by atoms with Crippen LogP contribution in [-0.4, -0.2) is 40.8 Å². The average Bonchev–Trinajstić information content (AvgIpc) is 2.86. The highest BCUT2D eigenvalue weighted by Crippen LogP contribution is 2.21. The molecule has 1 amide bonds. The molecule has 112 valence electrons. The summed E-state index contributed by atoms with van der Waals surface area (Å²) in [5.74, 6) is -2.98. The third-order valence-electron chi connectivity index (χ3n) is 3.23. The number of amides is 1. The molecule has 1 fully saturated rings. The van der Waals surface area contributed by atoms with Crippen LogP contribution >= 0.6 is 0 Å². The number of carboxylic acids is 1. The lowest BCUT2D eigenvalue weighted by molar-refractivity contribution is -0.148. The van der Waals surface area contributed by atoms with Gasteiger partial charge in [0.25, 0.3) is 0 Å². The van der Waals surface area contributed by atoms with Crippen molar-refractivity contribution in [2.75, 3.05) is 6.73 Å². The Morgan fingerprint density at radius 1 is 1.43 bits per heavy atom. The van der Waals surface area contributed by atoms with E-state index >= 15 is 0 Å². The van der Waals surface area contributed by atoms with E-state index in [2.05, 4.69) is 0 Å². The Morgan fingerprint density at radius 2 is 2.10 bits per heavy atom. The molecular weight excluding hydrogens is 278 g/mol. The minimum absolute atomic E-state index is 0.0402. The number of aliphatic carboxylic acids is 1. The van der Waals surface area contributed by atoms with Gasteiger partial charge in [0, 0.05) is 0 Å². The Labute approximate surface area is 121 Å². The van der Waals surface area contributed by atoms with Crippen LogP contribution in [0.1, 0.15) is 12.5 Å². The molecule has 0 saturated carbocycles. The van der Waals surface area contributed by atoms with Crippen molar-refractivity contribution in [1.82, 2.24) is 4.90 Å². The Hall–Kier alpha value is -2.57. The second-order valence-electron chi connectivity index (χ2n) is 4.67. The van der Waals surface area contributed by atoms with Gasteiger partial charge in [-0.25, -0.2) is 9.59 Å². The van der Waals surface area contributed by atoms with E-state index in [1.54, 1.807) is 24.3 Å². The number of carboxylic acid groups (broad SMARTS) is 1. The summed E-state index contributed by atoms with van der Waals surface area (Å²) < 4.78 is 9.83. The minimum Gasteiger partial charge on any atom is -0.481 e. The number of ether oxygens (including phenoxy) is 2. The van der Waals surface area contributed by atoms with Crippen molar-refractivity contribution < 1.29 is 29.0 Å². The van der Waals surface area contributed by atoms with E-state index in [9.17, 15) is 14.4 Å². The monoisotopic (exact) mass is 293 g/mol. The van der Waals surface area contributed by atoms with E-state index in [0.717, 1.165) is 10.5 Å². The number of carbonyl (C=O) groups is 3. The summed E-state index contributed by atoms with van der Waals surface area (Å²) in [4.78, 5) is 35.5. The average molecular weight is 293 g/mol. The lowest BCUT2D eigenvalue weighted by atomic mass is 10.0. The van der Waals surface area contributed by atoms with E-state index in [4.69, 9.17) is 14.6 Å². The first-order chi connectivity index (χ1) is 10.0. The van der Waals surface area contributed by atoms with Crippen molar-refractivity contribution in [2.24, 2.45) is 5.92 Å². The molecule has 7 nitrogen and oxygen atoms in total. The first kappa shape index (κ1) is 14.8. The van der Waals surface area contributed by atoms with Gasteiger partial charge in [-0.2, -0.15) is 0 Å². The van der Waals surface area contributed by atoms with Gasteiger partial charge in [-0.3, -0.25) is 9.69 Å². The number of cyclic esters (lactones) is 1. The van der Waals surface area contributed by atoms with E-state index in [1.807, 2.05) is 6.07 Å². The number of hydrogen-bond donors (Lipinski definition) is 1. The molecule has 2 unspecified atom stereocenters. The van der Waals surface area contributed by atoms with E-state index in [0.29, 0.717) is 0 Å². The largest absolute Gasteiger partial charge is 0.481 e. The van der Waals surface area contributed by atoms with Gasteiger partial charge in [0.05, 0.1) is 5.92 Å². The van der Waals surface area contributed by atoms with E-state index < -0.39 is 30.0 Å². The predicted octanol–water partition coefficient (Wildman–Crippen LogP) is 1.23. The zero-order chi connectivity index (χ0) is 15.4. The molecule has 0 spiro atoms. The number of benzene rings is 1. The third-order valence-corrected chi connectivity index (χ3v) is 3.23. The Morgan fingerprint density at radius 3 is 2.71 bits per heavy atom. The van der Waals surface area contributed by atoms with Gasteiger partial charge in [-0.05, 0) is 12.5 Å². The normalized spacial score (nSPS) is 19.0. The summed E-state index contributed by atoms with van der Waals surface area (Å²) in [7, 11) is 0. The molecule has 0 aromatic heterocycles. The molecular formula is C14H15NO6. The van der Waals surface area contributed by atoms with Crippen LogP contribution < -0.4 is 0 Å². The molecule has 1 aromatic rings. The molecule has 0 radical (unpaired) electrons. The Kier molecular flexibility index (Phi) is 4.42. The smallest absolute Gasteiger partial charge is 0.413 e. The molecule has 2 atom stereocenters. The molecule has 1 heterocycles. The van der Waals surface area contributed by atoms with Crippen molar-refractivity contribution in [3.8, 4) is 0 Å². The maximum absolute atomic E-state index is 12.0. The molecule has 1 aliphatic rings. The summed E-state index contributed by atoms with van der Waals surface area (Å²) in [6, 6.07) is 7.86. The molecule has 0 bridgehead atoms. The summed E-state index contributed by atoms with van der Waals surface area (Å²) in [6.45, 7) is 1.09. The maximum atomic E-state index is 12.0. The quantitative estimate of drug-likeness (QED) is 0.839. The van der Waals surface area contributed by atoms with Crippen LogP contribution in [0.5, 0.6) is 0 Å². The van der Waals surface area contributed by atoms with Crippen LogP contribution in [0.3, 0.4) is 0 Å². The standard InChI is InChI=1S/C14H15NO6/c1-9(12(16)17)11-13(18)21-8-15(11)14(19)20-7-10-5-3-2-4-6-10/h2-6,9,11H,7-8H2,1H3,(H,16,17). The Balaban J connectivity index is 2.00. The fourth-order valence-corrected chi connectivity index (χ4v) is 2.00. The van der Waals surface area contributed by atoms with Gasteiger partial charge >= 0.3 is 18.0 Å². The number of esters is 1. The van der Waals surface area contributed by atoms with Crippen molar-refractivity contribution >= 4 is 18.0 Å². The summed E-state index contributed by atoms with van der Waals surface area (Å²) in [5.41, 5.74) is 0.792. The van der Waals surface area contributed by atoms with Crippen molar-refractivity contribution in [3.05, 3.63) is 35.9 Å².